The molecule has 1 aromatic rings. The molecule has 0 aromatic heterocycles. The molecule has 1 aliphatic heterocycles. The molecule has 4 bridgehead atoms. The van der Waals surface area contributed by atoms with E-state index in [0.717, 1.165) is 42.6 Å². The van der Waals surface area contributed by atoms with E-state index < -0.39 is 19.5 Å². The van der Waals surface area contributed by atoms with Crippen molar-refractivity contribution in [2.24, 2.45) is 23.2 Å². The fourth-order valence-electron chi connectivity index (χ4n) is 6.47. The molecule has 4 aliphatic carbocycles. The van der Waals surface area contributed by atoms with Gasteiger partial charge in [-0.1, -0.05) is 34.9 Å². The predicted octanol–water partition coefficient (Wildman–Crippen LogP) is 3.49. The molecule has 1 saturated heterocycles. The van der Waals surface area contributed by atoms with E-state index in [-0.39, 0.29) is 5.41 Å². The summed E-state index contributed by atoms with van der Waals surface area (Å²) in [4.78, 5) is 22.8. The van der Waals surface area contributed by atoms with Crippen LogP contribution in [0.25, 0.3) is 0 Å². The molecule has 5 aliphatic rings. The summed E-state index contributed by atoms with van der Waals surface area (Å²) in [6.45, 7) is 0. The fraction of sp³-hybridized carbons (Fsp3) is 0.667. The van der Waals surface area contributed by atoms with Crippen LogP contribution in [-0.4, -0.2) is 5.85 Å². The van der Waals surface area contributed by atoms with Crippen LogP contribution in [0.2, 0.25) is 0 Å². The van der Waals surface area contributed by atoms with E-state index in [1.165, 1.54) is 19.3 Å². The maximum atomic E-state index is 11.9. The maximum Gasteiger partial charge on any atom is 0.347 e. The van der Waals surface area contributed by atoms with Crippen molar-refractivity contribution in [1.29, 1.82) is 0 Å². The molecule has 6 rings (SSSR count). The van der Waals surface area contributed by atoms with Gasteiger partial charge in [-0.3, -0.25) is 0 Å². The van der Waals surface area contributed by atoms with Gasteiger partial charge < -0.3 is 4.89 Å². The van der Waals surface area contributed by atoms with Gasteiger partial charge in [-0.2, -0.15) is 4.89 Å². The van der Waals surface area contributed by atoms with E-state index in [2.05, 4.69) is 0 Å². The molecule has 0 N–H and O–H groups in total. The first kappa shape index (κ1) is 14.5. The van der Waals surface area contributed by atoms with Crippen LogP contribution >= 0.6 is 8.03 Å². The zero-order chi connectivity index (χ0) is 15.7. The third kappa shape index (κ3) is 1.84. The molecule has 122 valence electrons. The number of rotatable bonds is 3. The zero-order valence-corrected chi connectivity index (χ0v) is 13.9. The van der Waals surface area contributed by atoms with Crippen LogP contribution in [0.1, 0.15) is 44.1 Å². The van der Waals surface area contributed by atoms with E-state index >= 15 is 0 Å². The van der Waals surface area contributed by atoms with Crippen LogP contribution < -0.4 is 4.89 Å². The van der Waals surface area contributed by atoms with Crippen LogP contribution in [0.3, 0.4) is 0 Å². The van der Waals surface area contributed by atoms with Crippen molar-refractivity contribution < 1.29 is 19.2 Å². The van der Waals surface area contributed by atoms with Gasteiger partial charge >= 0.3 is 13.9 Å². The van der Waals surface area contributed by atoms with Gasteiger partial charge in [-0.05, 0) is 61.8 Å². The van der Waals surface area contributed by atoms with Crippen LogP contribution in [0.4, 0.5) is 0 Å². The molecule has 4 saturated carbocycles. The number of hydrogen-bond donors (Lipinski definition) is 0. The first-order chi connectivity index (χ1) is 11.1. The van der Waals surface area contributed by atoms with Crippen molar-refractivity contribution in [3.05, 3.63) is 35.9 Å². The average Bonchev–Trinajstić information content (AvgIpc) is 2.45. The van der Waals surface area contributed by atoms with Gasteiger partial charge in [0.2, 0.25) is 5.60 Å². The Bertz CT molecular complexity index is 610. The van der Waals surface area contributed by atoms with Gasteiger partial charge in [-0.15, -0.1) is 0 Å². The smallest absolute Gasteiger partial charge is 0.347 e. The molecule has 0 radical (unpaired) electrons. The highest BCUT2D eigenvalue weighted by Gasteiger charge is 2.74. The highest BCUT2D eigenvalue weighted by atomic mass is 31.1. The molecule has 0 amide bonds. The van der Waals surface area contributed by atoms with Gasteiger partial charge in [0.25, 0.3) is 0 Å². The van der Waals surface area contributed by atoms with Gasteiger partial charge in [0, 0.05) is 5.41 Å². The van der Waals surface area contributed by atoms with Crippen molar-refractivity contribution in [2.45, 2.75) is 50.0 Å². The summed E-state index contributed by atoms with van der Waals surface area (Å²) >= 11 is 0. The Morgan fingerprint density at radius 2 is 1.57 bits per heavy atom. The van der Waals surface area contributed by atoms with E-state index in [0.29, 0.717) is 0 Å². The summed E-state index contributed by atoms with van der Waals surface area (Å²) in [6, 6.07) is 9.91. The minimum absolute atomic E-state index is 0.0819. The minimum atomic E-state index is -2.69. The molecule has 1 aromatic carbocycles. The van der Waals surface area contributed by atoms with Crippen LogP contribution in [-0.2, 0) is 19.9 Å². The molecule has 3 atom stereocenters. The summed E-state index contributed by atoms with van der Waals surface area (Å²) in [5, 5.41) is 0. The van der Waals surface area contributed by atoms with E-state index in [1.54, 1.807) is 0 Å². The molecular formula is C18H21O4P. The lowest BCUT2D eigenvalue weighted by atomic mass is 9.44. The van der Waals surface area contributed by atoms with Gasteiger partial charge in [-0.25, -0.2) is 4.89 Å². The highest BCUT2D eigenvalue weighted by molar-refractivity contribution is 7.37. The van der Waals surface area contributed by atoms with Crippen LogP contribution in [0, 0.1) is 23.2 Å². The largest absolute Gasteiger partial charge is 0.593 e. The Balaban J connectivity index is 1.65. The molecule has 23 heavy (non-hydrogen) atoms. The lowest BCUT2D eigenvalue weighted by Crippen LogP contribution is -2.67. The first-order valence-electron chi connectivity index (χ1n) is 8.66. The number of hydrogen-bond acceptors (Lipinski definition) is 4. The van der Waals surface area contributed by atoms with Crippen LogP contribution in [0.5, 0.6) is 0 Å². The summed E-state index contributed by atoms with van der Waals surface area (Å²) in [5.74, 6) is 1.35. The highest BCUT2D eigenvalue weighted by Crippen LogP contribution is 2.71. The van der Waals surface area contributed by atoms with Crippen molar-refractivity contribution in [3.8, 4) is 0 Å². The Kier molecular flexibility index (Phi) is 3.07. The number of benzene rings is 1. The Morgan fingerprint density at radius 1 is 1.00 bits per heavy atom. The second kappa shape index (κ2) is 4.86. The molecule has 1 heterocycles. The quantitative estimate of drug-likeness (QED) is 0.628. The third-order valence-corrected chi connectivity index (χ3v) is 7.67. The second-order valence-corrected chi connectivity index (χ2v) is 9.16. The van der Waals surface area contributed by atoms with Crippen LogP contribution in [0.15, 0.2) is 30.3 Å². The minimum Gasteiger partial charge on any atom is -0.593 e. The summed E-state index contributed by atoms with van der Waals surface area (Å²) in [7, 11) is -2.69. The van der Waals surface area contributed by atoms with E-state index in [1.807, 2.05) is 30.3 Å². The summed E-state index contributed by atoms with van der Waals surface area (Å²) in [5.41, 5.74) is 0.0818. The maximum absolute atomic E-state index is 11.9. The predicted molar refractivity (Wildman–Crippen MR) is 82.3 cm³/mol. The second-order valence-electron chi connectivity index (χ2n) is 8.12. The summed E-state index contributed by atoms with van der Waals surface area (Å²) in [6.07, 6.45) is 7.20. The van der Waals surface area contributed by atoms with E-state index in [9.17, 15) is 9.46 Å². The molecular weight excluding hydrogens is 311 g/mol. The molecule has 0 spiro atoms. The normalized spacial score (nSPS) is 48.1. The topological polar surface area (TPSA) is 58.6 Å². The summed E-state index contributed by atoms with van der Waals surface area (Å²) < 4.78 is 11.9. The van der Waals surface area contributed by atoms with Crippen molar-refractivity contribution in [1.82, 2.24) is 0 Å². The fourth-order valence-corrected chi connectivity index (χ4v) is 7.35. The monoisotopic (exact) mass is 332 g/mol. The molecule has 5 fully saturated rings. The van der Waals surface area contributed by atoms with Crippen molar-refractivity contribution >= 4 is 8.03 Å². The Hall–Kier alpha value is -0.800. The van der Waals surface area contributed by atoms with Gasteiger partial charge in [0.05, 0.1) is 0 Å². The SMILES string of the molecule is O=[P+]([O-])C1OOC1(c1ccccc1)C12CC3CC(CC(C3)C1)C2. The molecule has 5 heteroatoms. The molecule has 3 unspecified atom stereocenters. The van der Waals surface area contributed by atoms with Gasteiger partial charge in [0.15, 0.2) is 0 Å². The average molecular weight is 332 g/mol. The molecule has 4 nitrogen and oxygen atoms in total. The third-order valence-electron chi connectivity index (χ3n) is 6.84. The Morgan fingerprint density at radius 3 is 2.00 bits per heavy atom. The zero-order valence-electron chi connectivity index (χ0n) is 13.0. The lowest BCUT2D eigenvalue weighted by Gasteiger charge is -2.64. The van der Waals surface area contributed by atoms with Gasteiger partial charge in [0.1, 0.15) is 0 Å². The Labute approximate surface area is 137 Å². The first-order valence-corrected chi connectivity index (χ1v) is 9.91. The van der Waals surface area contributed by atoms with E-state index in [4.69, 9.17) is 9.78 Å². The van der Waals surface area contributed by atoms with Crippen molar-refractivity contribution in [2.75, 3.05) is 0 Å². The van der Waals surface area contributed by atoms with Crippen molar-refractivity contribution in [3.63, 3.8) is 0 Å². The standard InChI is InChI=1S/C18H21O4P/c19-23(20)16-18(22-21-16,15-4-2-1-3-5-15)17-9-12-6-13(10-17)8-14(7-12)11-17/h1-5,12-14,16H,6-11H2. The lowest BCUT2D eigenvalue weighted by molar-refractivity contribution is -0.533.